The first kappa shape index (κ1) is 18.1. The van der Waals surface area contributed by atoms with Crippen LogP contribution < -0.4 is 10.1 Å². The lowest BCUT2D eigenvalue weighted by Gasteiger charge is -2.15. The third kappa shape index (κ3) is 3.77. The minimum atomic E-state index is -0.869. The number of nitrogens with zero attached hydrogens (tertiary/aromatic N) is 2. The van der Waals surface area contributed by atoms with Crippen LogP contribution in [0.25, 0.3) is 21.3 Å². The molecule has 3 aromatic rings. The van der Waals surface area contributed by atoms with Crippen molar-refractivity contribution >= 4 is 33.3 Å². The zero-order valence-electron chi connectivity index (χ0n) is 14.7. The predicted molar refractivity (Wildman–Crippen MR) is 104 cm³/mol. The number of benzene rings is 1. The quantitative estimate of drug-likeness (QED) is 0.610. The van der Waals surface area contributed by atoms with Gasteiger partial charge >= 0.3 is 5.97 Å². The van der Waals surface area contributed by atoms with E-state index in [0.717, 1.165) is 39.9 Å². The first-order valence-corrected chi connectivity index (χ1v) is 9.38. The SMILES string of the molecule is CCCCC(Nc1ncnc2scc(-c3ccc(OC)cc3)c12)C(=O)O. The van der Waals surface area contributed by atoms with Crippen LogP contribution in [0.1, 0.15) is 26.2 Å². The molecule has 136 valence electrons. The molecule has 7 heteroatoms. The van der Waals surface area contributed by atoms with Crippen LogP contribution in [0.5, 0.6) is 5.75 Å². The summed E-state index contributed by atoms with van der Waals surface area (Å²) in [4.78, 5) is 21.1. The summed E-state index contributed by atoms with van der Waals surface area (Å²) in [5, 5.41) is 15.5. The van der Waals surface area contributed by atoms with Gasteiger partial charge in [0.15, 0.2) is 0 Å². The van der Waals surface area contributed by atoms with Gasteiger partial charge in [-0.1, -0.05) is 31.9 Å². The third-order valence-corrected chi connectivity index (χ3v) is 5.11. The molecule has 0 fully saturated rings. The van der Waals surface area contributed by atoms with Crippen molar-refractivity contribution in [3.8, 4) is 16.9 Å². The number of fused-ring (bicyclic) bond motifs is 1. The van der Waals surface area contributed by atoms with Crippen molar-refractivity contribution in [2.45, 2.75) is 32.2 Å². The predicted octanol–water partition coefficient (Wildman–Crippen LogP) is 4.42. The highest BCUT2D eigenvalue weighted by Gasteiger charge is 2.20. The molecule has 26 heavy (non-hydrogen) atoms. The first-order chi connectivity index (χ1) is 12.6. The number of carboxylic acid groups (broad SMARTS) is 1. The average Bonchev–Trinajstić information content (AvgIpc) is 3.10. The highest BCUT2D eigenvalue weighted by Crippen LogP contribution is 2.37. The molecule has 0 radical (unpaired) electrons. The number of methoxy groups -OCH3 is 1. The number of nitrogens with one attached hydrogen (secondary N) is 1. The summed E-state index contributed by atoms with van der Waals surface area (Å²) < 4.78 is 5.21. The molecular formula is C19H21N3O3S. The van der Waals surface area contributed by atoms with Crippen molar-refractivity contribution in [1.29, 1.82) is 0 Å². The second-order valence-corrected chi connectivity index (χ2v) is 6.82. The summed E-state index contributed by atoms with van der Waals surface area (Å²) in [7, 11) is 1.63. The van der Waals surface area contributed by atoms with Crippen LogP contribution in [0.2, 0.25) is 0 Å². The van der Waals surface area contributed by atoms with Gasteiger partial charge in [-0.2, -0.15) is 0 Å². The molecule has 0 spiro atoms. The van der Waals surface area contributed by atoms with Crippen LogP contribution >= 0.6 is 11.3 Å². The monoisotopic (exact) mass is 371 g/mol. The molecular weight excluding hydrogens is 350 g/mol. The fourth-order valence-electron chi connectivity index (χ4n) is 2.80. The van der Waals surface area contributed by atoms with Crippen LogP contribution in [0.4, 0.5) is 5.82 Å². The van der Waals surface area contributed by atoms with Gasteiger partial charge in [0.1, 0.15) is 28.8 Å². The van der Waals surface area contributed by atoms with Gasteiger partial charge in [-0.05, 0) is 24.1 Å². The lowest BCUT2D eigenvalue weighted by Crippen LogP contribution is -2.29. The van der Waals surface area contributed by atoms with Crippen molar-refractivity contribution in [1.82, 2.24) is 9.97 Å². The number of hydrogen-bond acceptors (Lipinski definition) is 6. The summed E-state index contributed by atoms with van der Waals surface area (Å²) in [6.07, 6.45) is 3.81. The van der Waals surface area contributed by atoms with Crippen molar-refractivity contribution in [2.24, 2.45) is 0 Å². The minimum absolute atomic E-state index is 0.555. The fraction of sp³-hybridized carbons (Fsp3) is 0.316. The van der Waals surface area contributed by atoms with Gasteiger partial charge in [0.2, 0.25) is 0 Å². The number of ether oxygens (including phenoxy) is 1. The largest absolute Gasteiger partial charge is 0.497 e. The Bertz CT molecular complexity index is 893. The number of unbranched alkanes of at least 4 members (excludes halogenated alkanes) is 1. The number of thiophene rings is 1. The molecule has 6 nitrogen and oxygen atoms in total. The van der Waals surface area contributed by atoms with E-state index in [9.17, 15) is 9.90 Å². The Kier molecular flexibility index (Phi) is 5.68. The minimum Gasteiger partial charge on any atom is -0.497 e. The standard InChI is InChI=1S/C19H21N3O3S/c1-3-4-5-15(19(23)24)22-17-16-14(10-26-18(16)21-11-20-17)12-6-8-13(25-2)9-7-12/h6-11,15H,3-5H2,1-2H3,(H,23,24)(H,20,21,22). The van der Waals surface area contributed by atoms with E-state index in [-0.39, 0.29) is 0 Å². The molecule has 0 bridgehead atoms. The first-order valence-electron chi connectivity index (χ1n) is 8.50. The molecule has 0 aliphatic heterocycles. The van der Waals surface area contributed by atoms with Gasteiger partial charge in [0, 0.05) is 10.9 Å². The van der Waals surface area contributed by atoms with E-state index in [2.05, 4.69) is 15.3 Å². The fourth-order valence-corrected chi connectivity index (χ4v) is 3.71. The second-order valence-electron chi connectivity index (χ2n) is 5.96. The van der Waals surface area contributed by atoms with Crippen LogP contribution in [0.15, 0.2) is 36.0 Å². The summed E-state index contributed by atoms with van der Waals surface area (Å²) >= 11 is 1.52. The zero-order valence-corrected chi connectivity index (χ0v) is 15.5. The zero-order chi connectivity index (χ0) is 18.5. The summed E-state index contributed by atoms with van der Waals surface area (Å²) in [5.41, 5.74) is 1.99. The molecule has 0 aliphatic carbocycles. The highest BCUT2D eigenvalue weighted by molar-refractivity contribution is 7.17. The Labute approximate surface area is 155 Å². The Morgan fingerprint density at radius 2 is 2.08 bits per heavy atom. The number of carbonyl (C=O) groups is 1. The molecule has 1 atom stereocenters. The summed E-state index contributed by atoms with van der Waals surface area (Å²) in [6, 6.07) is 7.08. The molecule has 0 saturated heterocycles. The lowest BCUT2D eigenvalue weighted by atomic mass is 10.1. The molecule has 0 aliphatic rings. The van der Waals surface area contributed by atoms with Crippen LogP contribution in [-0.2, 0) is 4.79 Å². The van der Waals surface area contributed by atoms with Crippen molar-refractivity contribution in [2.75, 3.05) is 12.4 Å². The van der Waals surface area contributed by atoms with E-state index in [1.165, 1.54) is 17.7 Å². The maximum absolute atomic E-state index is 11.6. The summed E-state index contributed by atoms with van der Waals surface area (Å²) in [6.45, 7) is 2.04. The molecule has 2 aromatic heterocycles. The number of carboxylic acids is 1. The Morgan fingerprint density at radius 3 is 2.73 bits per heavy atom. The Hall–Kier alpha value is -2.67. The third-order valence-electron chi connectivity index (χ3n) is 4.23. The Balaban J connectivity index is 2.00. The van der Waals surface area contributed by atoms with E-state index >= 15 is 0 Å². The van der Waals surface area contributed by atoms with E-state index in [1.807, 2.05) is 36.6 Å². The number of hydrogen-bond donors (Lipinski definition) is 2. The van der Waals surface area contributed by atoms with Gasteiger partial charge in [-0.3, -0.25) is 0 Å². The molecule has 0 saturated carbocycles. The number of anilines is 1. The maximum Gasteiger partial charge on any atom is 0.326 e. The molecule has 1 aromatic carbocycles. The van der Waals surface area contributed by atoms with Crippen molar-refractivity contribution in [3.63, 3.8) is 0 Å². The molecule has 2 N–H and O–H groups in total. The normalized spacial score (nSPS) is 12.1. The van der Waals surface area contributed by atoms with Crippen LogP contribution in [0, 0.1) is 0 Å². The highest BCUT2D eigenvalue weighted by atomic mass is 32.1. The molecule has 2 heterocycles. The van der Waals surface area contributed by atoms with E-state index in [0.29, 0.717) is 12.2 Å². The number of aromatic nitrogens is 2. The Morgan fingerprint density at radius 1 is 1.31 bits per heavy atom. The smallest absolute Gasteiger partial charge is 0.326 e. The van der Waals surface area contributed by atoms with Crippen molar-refractivity contribution in [3.05, 3.63) is 36.0 Å². The average molecular weight is 371 g/mol. The van der Waals surface area contributed by atoms with Gasteiger partial charge in [0.25, 0.3) is 0 Å². The summed E-state index contributed by atoms with van der Waals surface area (Å²) in [5.74, 6) is 0.477. The van der Waals surface area contributed by atoms with Crippen molar-refractivity contribution < 1.29 is 14.6 Å². The number of aliphatic carboxylic acids is 1. The second kappa shape index (κ2) is 8.14. The maximum atomic E-state index is 11.6. The van der Waals surface area contributed by atoms with E-state index < -0.39 is 12.0 Å². The molecule has 0 amide bonds. The number of rotatable bonds is 8. The molecule has 1 unspecified atom stereocenters. The van der Waals surface area contributed by atoms with E-state index in [4.69, 9.17) is 4.74 Å². The van der Waals surface area contributed by atoms with Crippen LogP contribution in [0.3, 0.4) is 0 Å². The van der Waals surface area contributed by atoms with Gasteiger partial charge in [0.05, 0.1) is 12.5 Å². The van der Waals surface area contributed by atoms with E-state index in [1.54, 1.807) is 7.11 Å². The molecule has 3 rings (SSSR count). The van der Waals surface area contributed by atoms with Gasteiger partial charge in [-0.25, -0.2) is 14.8 Å². The van der Waals surface area contributed by atoms with Gasteiger partial charge < -0.3 is 15.2 Å². The van der Waals surface area contributed by atoms with Crippen LogP contribution in [-0.4, -0.2) is 34.2 Å². The lowest BCUT2D eigenvalue weighted by molar-refractivity contribution is -0.138. The topological polar surface area (TPSA) is 84.3 Å². The van der Waals surface area contributed by atoms with Gasteiger partial charge in [-0.15, -0.1) is 11.3 Å².